The van der Waals surface area contributed by atoms with Gasteiger partial charge in [-0.2, -0.15) is 4.99 Å². The van der Waals surface area contributed by atoms with Gasteiger partial charge in [0.05, 0.1) is 12.3 Å². The van der Waals surface area contributed by atoms with Gasteiger partial charge in [0, 0.05) is 6.42 Å². The molecular weight excluding hydrogens is 206 g/mol. The Bertz CT molecular complexity index is 408. The van der Waals surface area contributed by atoms with Crippen LogP contribution in [0.1, 0.15) is 18.9 Å². The van der Waals surface area contributed by atoms with Crippen molar-refractivity contribution in [3.63, 3.8) is 0 Å². The number of hydrogen-bond donors (Lipinski definition) is 0. The SMILES string of the molecule is CCOC(=O)CCc1ccccc1N=C=O. The molecule has 4 nitrogen and oxygen atoms in total. The average molecular weight is 219 g/mol. The van der Waals surface area contributed by atoms with Crippen LogP contribution in [0.2, 0.25) is 0 Å². The number of nitrogens with zero attached hydrogens (tertiary/aromatic N) is 1. The monoisotopic (exact) mass is 219 g/mol. The highest BCUT2D eigenvalue weighted by molar-refractivity contribution is 5.70. The van der Waals surface area contributed by atoms with Crippen LogP contribution in [-0.2, 0) is 20.7 Å². The van der Waals surface area contributed by atoms with Crippen molar-refractivity contribution in [3.8, 4) is 0 Å². The summed E-state index contributed by atoms with van der Waals surface area (Å²) in [6.45, 7) is 2.15. The summed E-state index contributed by atoms with van der Waals surface area (Å²) < 4.78 is 4.82. The molecular formula is C12H13NO3. The maximum absolute atomic E-state index is 11.2. The highest BCUT2D eigenvalue weighted by atomic mass is 16.5. The van der Waals surface area contributed by atoms with Gasteiger partial charge >= 0.3 is 5.97 Å². The van der Waals surface area contributed by atoms with Crippen LogP contribution in [0.3, 0.4) is 0 Å². The molecule has 0 aliphatic heterocycles. The number of esters is 1. The lowest BCUT2D eigenvalue weighted by Gasteiger charge is -2.04. The molecule has 0 heterocycles. The van der Waals surface area contributed by atoms with Crippen molar-refractivity contribution in [3.05, 3.63) is 29.8 Å². The molecule has 0 aliphatic rings. The summed E-state index contributed by atoms with van der Waals surface area (Å²) in [6, 6.07) is 7.16. The topological polar surface area (TPSA) is 55.7 Å². The molecule has 0 fully saturated rings. The molecule has 1 aromatic carbocycles. The first-order chi connectivity index (χ1) is 7.77. The molecule has 0 saturated heterocycles. The Morgan fingerprint density at radius 2 is 2.19 bits per heavy atom. The van der Waals surface area contributed by atoms with Gasteiger partial charge in [0.25, 0.3) is 0 Å². The molecule has 84 valence electrons. The van der Waals surface area contributed by atoms with Crippen molar-refractivity contribution in [2.24, 2.45) is 4.99 Å². The van der Waals surface area contributed by atoms with Crippen LogP contribution in [0.15, 0.2) is 29.3 Å². The van der Waals surface area contributed by atoms with Gasteiger partial charge in [-0.15, -0.1) is 0 Å². The quantitative estimate of drug-likeness (QED) is 0.433. The first kappa shape index (κ1) is 12.1. The molecule has 0 N–H and O–H groups in total. The van der Waals surface area contributed by atoms with Gasteiger partial charge in [-0.3, -0.25) is 4.79 Å². The van der Waals surface area contributed by atoms with Gasteiger partial charge in [0.15, 0.2) is 0 Å². The Kier molecular flexibility index (Phi) is 4.96. The molecule has 0 amide bonds. The molecule has 0 spiro atoms. The predicted molar refractivity (Wildman–Crippen MR) is 59.2 cm³/mol. The van der Waals surface area contributed by atoms with Crippen molar-refractivity contribution in [1.82, 2.24) is 0 Å². The smallest absolute Gasteiger partial charge is 0.306 e. The third-order valence-corrected chi connectivity index (χ3v) is 2.06. The number of hydrogen-bond acceptors (Lipinski definition) is 4. The first-order valence-corrected chi connectivity index (χ1v) is 5.09. The van der Waals surface area contributed by atoms with Crippen LogP contribution in [-0.4, -0.2) is 18.7 Å². The number of para-hydroxylation sites is 1. The maximum Gasteiger partial charge on any atom is 0.306 e. The molecule has 0 radical (unpaired) electrons. The van der Waals surface area contributed by atoms with E-state index in [9.17, 15) is 9.59 Å². The van der Waals surface area contributed by atoms with Crippen LogP contribution in [0, 0.1) is 0 Å². The van der Waals surface area contributed by atoms with Crippen molar-refractivity contribution in [1.29, 1.82) is 0 Å². The summed E-state index contributed by atoms with van der Waals surface area (Å²) in [5, 5.41) is 0. The van der Waals surface area contributed by atoms with Gasteiger partial charge in [-0.1, -0.05) is 18.2 Å². The molecule has 0 bridgehead atoms. The molecule has 0 aliphatic carbocycles. The van der Waals surface area contributed by atoms with Crippen LogP contribution >= 0.6 is 0 Å². The minimum absolute atomic E-state index is 0.243. The Morgan fingerprint density at radius 1 is 1.44 bits per heavy atom. The summed E-state index contributed by atoms with van der Waals surface area (Å²) >= 11 is 0. The fourth-order valence-corrected chi connectivity index (χ4v) is 1.35. The largest absolute Gasteiger partial charge is 0.466 e. The second-order valence-electron chi connectivity index (χ2n) is 3.14. The molecule has 16 heavy (non-hydrogen) atoms. The number of carbonyl (C=O) groups excluding carboxylic acids is 2. The summed E-state index contributed by atoms with van der Waals surface area (Å²) in [6.07, 6.45) is 2.30. The molecule has 0 atom stereocenters. The fraction of sp³-hybridized carbons (Fsp3) is 0.333. The highest BCUT2D eigenvalue weighted by Gasteiger charge is 2.05. The van der Waals surface area contributed by atoms with E-state index in [4.69, 9.17) is 4.74 Å². The zero-order valence-electron chi connectivity index (χ0n) is 9.10. The van der Waals surface area contributed by atoms with E-state index in [0.29, 0.717) is 25.1 Å². The summed E-state index contributed by atoms with van der Waals surface area (Å²) in [5.41, 5.74) is 1.40. The minimum atomic E-state index is -0.243. The summed E-state index contributed by atoms with van der Waals surface area (Å²) in [5.74, 6) is -0.243. The van der Waals surface area contributed by atoms with Gasteiger partial charge in [-0.25, -0.2) is 4.79 Å². The van der Waals surface area contributed by atoms with Crippen molar-refractivity contribution >= 4 is 17.7 Å². The number of isocyanates is 1. The maximum atomic E-state index is 11.2. The third-order valence-electron chi connectivity index (χ3n) is 2.06. The molecule has 4 heteroatoms. The zero-order valence-corrected chi connectivity index (χ0v) is 9.10. The fourth-order valence-electron chi connectivity index (χ4n) is 1.35. The lowest BCUT2D eigenvalue weighted by Crippen LogP contribution is -2.05. The normalized spacial score (nSPS) is 9.31. The van der Waals surface area contributed by atoms with E-state index >= 15 is 0 Å². The second-order valence-corrected chi connectivity index (χ2v) is 3.14. The number of aryl methyl sites for hydroxylation is 1. The molecule has 0 aromatic heterocycles. The number of aliphatic imine (C=N–C) groups is 1. The van der Waals surface area contributed by atoms with E-state index in [0.717, 1.165) is 5.56 Å². The summed E-state index contributed by atoms with van der Waals surface area (Å²) in [4.78, 5) is 24.9. The molecule has 1 aromatic rings. The Morgan fingerprint density at radius 3 is 2.88 bits per heavy atom. The van der Waals surface area contributed by atoms with Gasteiger partial charge in [-0.05, 0) is 25.0 Å². The van der Waals surface area contributed by atoms with Crippen molar-refractivity contribution < 1.29 is 14.3 Å². The zero-order chi connectivity index (χ0) is 11.8. The van der Waals surface area contributed by atoms with E-state index in [-0.39, 0.29) is 5.97 Å². The Balaban J connectivity index is 2.66. The number of ether oxygens (including phenoxy) is 1. The van der Waals surface area contributed by atoms with Gasteiger partial charge in [0.1, 0.15) is 0 Å². The van der Waals surface area contributed by atoms with Gasteiger partial charge < -0.3 is 4.74 Å². The molecule has 1 rings (SSSR count). The standard InChI is InChI=1S/C12H13NO3/c1-2-16-12(15)8-7-10-5-3-4-6-11(10)13-9-14/h3-6H,2,7-8H2,1H3. The Hall–Kier alpha value is -1.93. The first-order valence-electron chi connectivity index (χ1n) is 5.09. The van der Waals surface area contributed by atoms with E-state index < -0.39 is 0 Å². The van der Waals surface area contributed by atoms with E-state index in [1.54, 1.807) is 19.1 Å². The Labute approximate surface area is 94.0 Å². The van der Waals surface area contributed by atoms with Gasteiger partial charge in [0.2, 0.25) is 6.08 Å². The number of benzene rings is 1. The third kappa shape index (κ3) is 3.67. The minimum Gasteiger partial charge on any atom is -0.466 e. The van der Waals surface area contributed by atoms with E-state index in [1.807, 2.05) is 12.1 Å². The number of carbonyl (C=O) groups is 1. The average Bonchev–Trinajstić information content (AvgIpc) is 2.29. The van der Waals surface area contributed by atoms with Crippen LogP contribution in [0.25, 0.3) is 0 Å². The van der Waals surface area contributed by atoms with E-state index in [2.05, 4.69) is 4.99 Å². The highest BCUT2D eigenvalue weighted by Crippen LogP contribution is 2.19. The van der Waals surface area contributed by atoms with Crippen LogP contribution in [0.5, 0.6) is 0 Å². The number of rotatable bonds is 5. The van der Waals surface area contributed by atoms with Crippen LogP contribution < -0.4 is 0 Å². The van der Waals surface area contributed by atoms with Crippen molar-refractivity contribution in [2.75, 3.05) is 6.61 Å². The lowest BCUT2D eigenvalue weighted by atomic mass is 10.1. The van der Waals surface area contributed by atoms with Crippen LogP contribution in [0.4, 0.5) is 5.69 Å². The molecule has 0 unspecified atom stereocenters. The second kappa shape index (κ2) is 6.53. The predicted octanol–water partition coefficient (Wildman–Crippen LogP) is 2.15. The molecule has 0 saturated carbocycles. The lowest BCUT2D eigenvalue weighted by molar-refractivity contribution is -0.143. The summed E-state index contributed by atoms with van der Waals surface area (Å²) in [7, 11) is 0. The van der Waals surface area contributed by atoms with E-state index in [1.165, 1.54) is 6.08 Å². The van der Waals surface area contributed by atoms with Crippen molar-refractivity contribution in [2.45, 2.75) is 19.8 Å².